The molecule has 0 aromatic rings. The highest BCUT2D eigenvalue weighted by Gasteiger charge is 2.30. The maximum absolute atomic E-state index is 11.6. The van der Waals surface area contributed by atoms with Gasteiger partial charge in [-0.2, -0.15) is 0 Å². The quantitative estimate of drug-likeness (QED) is 0.588. The van der Waals surface area contributed by atoms with Crippen LogP contribution in [0.4, 0.5) is 0 Å². The molecule has 0 bridgehead atoms. The Kier molecular flexibility index (Phi) is 6.60. The smallest absolute Gasteiger partial charge is 0.221 e. The fourth-order valence-electron chi connectivity index (χ4n) is 2.14. The third-order valence-corrected chi connectivity index (χ3v) is 3.35. The van der Waals surface area contributed by atoms with E-state index in [1.54, 1.807) is 0 Å². The predicted molar refractivity (Wildman–Crippen MR) is 72.4 cm³/mol. The molecule has 1 fully saturated rings. The van der Waals surface area contributed by atoms with Crippen LogP contribution in [0.25, 0.3) is 0 Å². The number of ether oxygens (including phenoxy) is 1. The first-order valence-corrected chi connectivity index (χ1v) is 6.94. The highest BCUT2D eigenvalue weighted by Crippen LogP contribution is 2.24. The van der Waals surface area contributed by atoms with E-state index in [0.29, 0.717) is 13.0 Å². The van der Waals surface area contributed by atoms with Crippen LogP contribution in [-0.2, 0) is 9.53 Å². The lowest BCUT2D eigenvalue weighted by atomic mass is 10.0. The second-order valence-corrected chi connectivity index (χ2v) is 5.27. The van der Waals surface area contributed by atoms with Crippen molar-refractivity contribution in [2.24, 2.45) is 5.73 Å². The summed E-state index contributed by atoms with van der Waals surface area (Å²) in [6, 6.07) is 0.0304. The van der Waals surface area contributed by atoms with E-state index in [-0.39, 0.29) is 17.6 Å². The molecule has 5 heteroatoms. The Morgan fingerprint density at radius 3 is 2.89 bits per heavy atom. The van der Waals surface area contributed by atoms with Crippen LogP contribution in [0, 0.1) is 0 Å². The lowest BCUT2D eigenvalue weighted by Crippen LogP contribution is -2.47. The predicted octanol–water partition coefficient (Wildman–Crippen LogP) is 0.389. The first kappa shape index (κ1) is 15.4. The van der Waals surface area contributed by atoms with Crippen LogP contribution in [-0.4, -0.2) is 43.8 Å². The van der Waals surface area contributed by atoms with Crippen molar-refractivity contribution in [2.45, 2.75) is 51.2 Å². The summed E-state index contributed by atoms with van der Waals surface area (Å²) in [4.78, 5) is 11.6. The molecule has 0 aromatic heterocycles. The number of carbonyl (C=O) groups excluding carboxylic acids is 1. The Bertz CT molecular complexity index is 253. The van der Waals surface area contributed by atoms with E-state index in [2.05, 4.69) is 17.6 Å². The highest BCUT2D eigenvalue weighted by molar-refractivity contribution is 5.76. The van der Waals surface area contributed by atoms with Crippen molar-refractivity contribution in [3.63, 3.8) is 0 Å². The van der Waals surface area contributed by atoms with Crippen LogP contribution in [0.1, 0.15) is 39.5 Å². The fraction of sp³-hybridized carbons (Fsp3) is 0.923. The van der Waals surface area contributed by atoms with Crippen molar-refractivity contribution in [3.05, 3.63) is 0 Å². The van der Waals surface area contributed by atoms with Gasteiger partial charge in [0, 0.05) is 38.7 Å². The molecule has 18 heavy (non-hydrogen) atoms. The topological polar surface area (TPSA) is 76.4 Å². The van der Waals surface area contributed by atoms with Gasteiger partial charge in [-0.05, 0) is 26.2 Å². The second kappa shape index (κ2) is 7.71. The summed E-state index contributed by atoms with van der Waals surface area (Å²) in [5, 5.41) is 6.22. The van der Waals surface area contributed by atoms with Crippen LogP contribution in [0.15, 0.2) is 0 Å². The van der Waals surface area contributed by atoms with Gasteiger partial charge in [0.1, 0.15) is 0 Å². The Morgan fingerprint density at radius 2 is 2.33 bits per heavy atom. The molecule has 0 aromatic carbocycles. The highest BCUT2D eigenvalue weighted by atomic mass is 16.5. The average Bonchev–Trinajstić information content (AvgIpc) is 2.79. The minimum Gasteiger partial charge on any atom is -0.374 e. The minimum absolute atomic E-state index is 0.0304. The molecule has 1 aliphatic heterocycles. The summed E-state index contributed by atoms with van der Waals surface area (Å²) in [6.07, 6.45) is 3.58. The lowest BCUT2D eigenvalue weighted by Gasteiger charge is -2.26. The second-order valence-electron chi connectivity index (χ2n) is 5.27. The molecule has 1 rings (SSSR count). The molecule has 0 saturated carbocycles. The summed E-state index contributed by atoms with van der Waals surface area (Å²) in [6.45, 7) is 6.94. The number of hydrogen-bond donors (Lipinski definition) is 3. The number of nitrogens with two attached hydrogens (primary N) is 1. The van der Waals surface area contributed by atoms with Gasteiger partial charge in [0.25, 0.3) is 0 Å². The summed E-state index contributed by atoms with van der Waals surface area (Å²) in [7, 11) is 0. The molecule has 0 radical (unpaired) electrons. The van der Waals surface area contributed by atoms with E-state index in [1.807, 2.05) is 6.92 Å². The van der Waals surface area contributed by atoms with E-state index in [1.165, 1.54) is 0 Å². The van der Waals surface area contributed by atoms with E-state index in [0.717, 1.165) is 39.0 Å². The molecule has 4 N–H and O–H groups in total. The Balaban J connectivity index is 2.26. The van der Waals surface area contributed by atoms with Crippen LogP contribution in [0.3, 0.4) is 0 Å². The molecule has 106 valence electrons. The fourth-order valence-corrected chi connectivity index (χ4v) is 2.14. The molecule has 1 amide bonds. The number of carbonyl (C=O) groups is 1. The van der Waals surface area contributed by atoms with Gasteiger partial charge in [-0.15, -0.1) is 0 Å². The van der Waals surface area contributed by atoms with Gasteiger partial charge in [0.15, 0.2) is 0 Å². The zero-order chi connectivity index (χ0) is 13.4. The van der Waals surface area contributed by atoms with Gasteiger partial charge in [-0.25, -0.2) is 0 Å². The zero-order valence-corrected chi connectivity index (χ0v) is 11.6. The van der Waals surface area contributed by atoms with Gasteiger partial charge in [0.05, 0.1) is 5.60 Å². The maximum Gasteiger partial charge on any atom is 0.221 e. The lowest BCUT2D eigenvalue weighted by molar-refractivity contribution is -0.121. The van der Waals surface area contributed by atoms with Crippen molar-refractivity contribution in [1.29, 1.82) is 0 Å². The van der Waals surface area contributed by atoms with Gasteiger partial charge < -0.3 is 21.1 Å². The molecule has 1 saturated heterocycles. The zero-order valence-electron chi connectivity index (χ0n) is 11.6. The maximum atomic E-state index is 11.6. The van der Waals surface area contributed by atoms with Crippen LogP contribution in [0.5, 0.6) is 0 Å². The molecule has 5 nitrogen and oxygen atoms in total. The first-order valence-electron chi connectivity index (χ1n) is 6.94. The van der Waals surface area contributed by atoms with Gasteiger partial charge >= 0.3 is 0 Å². The molecular formula is C13H27N3O2. The molecule has 0 aliphatic carbocycles. The molecule has 2 atom stereocenters. The minimum atomic E-state index is -0.0900. The molecule has 0 spiro atoms. The first-order chi connectivity index (χ1) is 8.59. The van der Waals surface area contributed by atoms with E-state index >= 15 is 0 Å². The number of nitrogens with one attached hydrogen (secondary N) is 2. The van der Waals surface area contributed by atoms with Crippen LogP contribution in [0.2, 0.25) is 0 Å². The molecule has 1 heterocycles. The SMILES string of the molecule is CCCNC(=O)CC(CN)NCC1(C)CCCO1. The average molecular weight is 257 g/mol. The number of rotatable bonds is 8. The summed E-state index contributed by atoms with van der Waals surface area (Å²) in [5.74, 6) is 0.0669. The van der Waals surface area contributed by atoms with E-state index < -0.39 is 0 Å². The normalized spacial score (nSPS) is 25.1. The van der Waals surface area contributed by atoms with Crippen molar-refractivity contribution >= 4 is 5.91 Å². The monoisotopic (exact) mass is 257 g/mol. The van der Waals surface area contributed by atoms with E-state index in [9.17, 15) is 4.79 Å². The number of amides is 1. The third kappa shape index (κ3) is 5.33. The summed E-state index contributed by atoms with van der Waals surface area (Å²) < 4.78 is 5.70. The van der Waals surface area contributed by atoms with Gasteiger partial charge in [-0.3, -0.25) is 4.79 Å². The van der Waals surface area contributed by atoms with Crippen molar-refractivity contribution in [3.8, 4) is 0 Å². The van der Waals surface area contributed by atoms with Crippen LogP contribution < -0.4 is 16.4 Å². The Hall–Kier alpha value is -0.650. The van der Waals surface area contributed by atoms with E-state index in [4.69, 9.17) is 10.5 Å². The third-order valence-electron chi connectivity index (χ3n) is 3.35. The van der Waals surface area contributed by atoms with Crippen molar-refractivity contribution in [1.82, 2.24) is 10.6 Å². The van der Waals surface area contributed by atoms with Crippen molar-refractivity contribution < 1.29 is 9.53 Å². The largest absolute Gasteiger partial charge is 0.374 e. The molecular weight excluding hydrogens is 230 g/mol. The van der Waals surface area contributed by atoms with Gasteiger partial charge in [-0.1, -0.05) is 6.92 Å². The Morgan fingerprint density at radius 1 is 1.56 bits per heavy atom. The molecule has 2 unspecified atom stereocenters. The summed E-state index contributed by atoms with van der Waals surface area (Å²) in [5.41, 5.74) is 5.60. The number of hydrogen-bond acceptors (Lipinski definition) is 4. The molecule has 1 aliphatic rings. The van der Waals surface area contributed by atoms with Crippen LogP contribution >= 0.6 is 0 Å². The van der Waals surface area contributed by atoms with Crippen molar-refractivity contribution in [2.75, 3.05) is 26.2 Å². The Labute approximate surface area is 110 Å². The standard InChI is InChI=1S/C13H27N3O2/c1-3-6-15-12(17)8-11(9-14)16-10-13(2)5-4-7-18-13/h11,16H,3-10,14H2,1-2H3,(H,15,17). The van der Waals surface area contributed by atoms with Gasteiger partial charge in [0.2, 0.25) is 5.91 Å². The summed E-state index contributed by atoms with van der Waals surface area (Å²) >= 11 is 0.